The number of carbonyl (C=O) groups is 1. The molecule has 0 saturated heterocycles. The quantitative estimate of drug-likeness (QED) is 0.164. The van der Waals surface area contributed by atoms with Crippen molar-refractivity contribution in [2.24, 2.45) is 0 Å². The highest BCUT2D eigenvalue weighted by Crippen LogP contribution is 2.40. The Balaban J connectivity index is 1.67. The predicted octanol–water partition coefficient (Wildman–Crippen LogP) is 8.00. The van der Waals surface area contributed by atoms with Gasteiger partial charge in [0.15, 0.2) is 13.2 Å². The largest absolute Gasteiger partial charge is 0.484 e. The molecule has 0 spiro atoms. The van der Waals surface area contributed by atoms with Crippen molar-refractivity contribution >= 4 is 36.7 Å². The van der Waals surface area contributed by atoms with Crippen LogP contribution in [0.4, 0.5) is 17.6 Å². The number of rotatable bonds is 8. The topological polar surface area (TPSA) is 86.5 Å². The van der Waals surface area contributed by atoms with Gasteiger partial charge in [-0.2, -0.15) is 13.2 Å². The molecule has 1 atom stereocenters. The third kappa shape index (κ3) is 6.05. The van der Waals surface area contributed by atoms with Crippen LogP contribution in [0.2, 0.25) is 18.1 Å². The van der Waals surface area contributed by atoms with Gasteiger partial charge in [-0.05, 0) is 43.3 Å². The number of thiophene rings is 1. The van der Waals surface area contributed by atoms with Crippen LogP contribution < -0.4 is 4.74 Å². The summed E-state index contributed by atoms with van der Waals surface area (Å²) in [5, 5.41) is 10.3. The van der Waals surface area contributed by atoms with E-state index in [0.29, 0.717) is 34.4 Å². The molecule has 0 aliphatic rings. The first kappa shape index (κ1) is 29.7. The number of imidazole rings is 1. The normalized spacial score (nSPS) is 13.6. The highest BCUT2D eigenvalue weighted by molar-refractivity contribution is 7.16. The van der Waals surface area contributed by atoms with Gasteiger partial charge in [-0.3, -0.25) is 9.55 Å². The molecule has 0 aliphatic heterocycles. The van der Waals surface area contributed by atoms with Crippen molar-refractivity contribution in [2.45, 2.75) is 64.7 Å². The first-order chi connectivity index (χ1) is 18.5. The highest BCUT2D eigenvalue weighted by atomic mass is 32.1. The van der Waals surface area contributed by atoms with Gasteiger partial charge in [-0.25, -0.2) is 14.2 Å². The number of fused-ring (bicyclic) bond motifs is 1. The van der Waals surface area contributed by atoms with E-state index in [2.05, 4.69) is 43.8 Å². The van der Waals surface area contributed by atoms with Crippen molar-refractivity contribution in [3.8, 4) is 10.8 Å². The summed E-state index contributed by atoms with van der Waals surface area (Å²) >= 11 is 0.888. The Kier molecular flexibility index (Phi) is 7.86. The first-order valence-corrected chi connectivity index (χ1v) is 16.1. The number of aromatic carboxylic acids is 1. The summed E-state index contributed by atoms with van der Waals surface area (Å²) in [5.41, 5.74) is 0.393. The summed E-state index contributed by atoms with van der Waals surface area (Å²) in [5.74, 6) is -2.46. The van der Waals surface area contributed by atoms with E-state index in [0.717, 1.165) is 23.5 Å². The summed E-state index contributed by atoms with van der Waals surface area (Å²) in [4.78, 5) is 20.6. The minimum absolute atomic E-state index is 0.0192. The maximum atomic E-state index is 13.6. The van der Waals surface area contributed by atoms with E-state index < -0.39 is 37.9 Å². The summed E-state index contributed by atoms with van der Waals surface area (Å²) in [7, 11) is -2.03. The molecule has 1 aromatic carbocycles. The molecule has 214 valence electrons. The number of benzene rings is 1. The zero-order valence-electron chi connectivity index (χ0n) is 22.8. The summed E-state index contributed by atoms with van der Waals surface area (Å²) < 4.78 is 67.9. The second-order valence-corrected chi connectivity index (χ2v) is 16.7. The zero-order valence-corrected chi connectivity index (χ0v) is 24.6. The fourth-order valence-corrected chi connectivity index (χ4v) is 5.63. The van der Waals surface area contributed by atoms with Crippen LogP contribution in [0.1, 0.15) is 60.3 Å². The SMILES string of the molecule is CC(Oc1cc(-n2cnc3cnc(CO[Si](C)(C)C(C)(C)C)cc32)sc1C(=O)O)c1ccc(F)cc1C(F)(F)F. The fourth-order valence-electron chi connectivity index (χ4n) is 3.78. The third-order valence-corrected chi connectivity index (χ3v) is 12.6. The van der Waals surface area contributed by atoms with Crippen LogP contribution in [0.5, 0.6) is 5.75 Å². The third-order valence-electron chi connectivity index (χ3n) is 7.06. The highest BCUT2D eigenvalue weighted by Gasteiger charge is 2.37. The number of aromatic nitrogens is 3. The summed E-state index contributed by atoms with van der Waals surface area (Å²) in [6.45, 7) is 12.3. The van der Waals surface area contributed by atoms with Gasteiger partial charge in [0.25, 0.3) is 0 Å². The molecule has 0 amide bonds. The van der Waals surface area contributed by atoms with Crippen molar-refractivity contribution in [1.82, 2.24) is 14.5 Å². The van der Waals surface area contributed by atoms with Crippen molar-refractivity contribution in [2.75, 3.05) is 0 Å². The van der Waals surface area contributed by atoms with Crippen LogP contribution >= 0.6 is 11.3 Å². The molecular formula is C27H29F4N3O4SSi. The van der Waals surface area contributed by atoms with Gasteiger partial charge < -0.3 is 14.3 Å². The van der Waals surface area contributed by atoms with Gasteiger partial charge in [0.2, 0.25) is 0 Å². The van der Waals surface area contributed by atoms with E-state index in [9.17, 15) is 27.5 Å². The summed E-state index contributed by atoms with van der Waals surface area (Å²) in [6.07, 6.45) is -2.92. The van der Waals surface area contributed by atoms with Crippen molar-refractivity contribution in [1.29, 1.82) is 0 Å². The molecule has 13 heteroatoms. The van der Waals surface area contributed by atoms with Crippen LogP contribution in [0, 0.1) is 5.82 Å². The second-order valence-electron chi connectivity index (χ2n) is 10.9. The number of carboxylic acids is 1. The number of alkyl halides is 3. The van der Waals surface area contributed by atoms with Gasteiger partial charge >= 0.3 is 12.1 Å². The van der Waals surface area contributed by atoms with E-state index >= 15 is 0 Å². The van der Waals surface area contributed by atoms with Crippen LogP contribution in [-0.2, 0) is 17.2 Å². The van der Waals surface area contributed by atoms with Gasteiger partial charge in [0.05, 0.1) is 29.6 Å². The molecule has 1 unspecified atom stereocenters. The molecule has 3 heterocycles. The molecule has 1 N–H and O–H groups in total. The minimum Gasteiger partial charge on any atom is -0.484 e. The van der Waals surface area contributed by atoms with E-state index in [1.54, 1.807) is 10.8 Å². The van der Waals surface area contributed by atoms with Gasteiger partial charge in [-0.1, -0.05) is 26.8 Å². The Labute approximate surface area is 233 Å². The van der Waals surface area contributed by atoms with Crippen molar-refractivity contribution in [3.05, 3.63) is 70.4 Å². The Hall–Kier alpha value is -3.29. The van der Waals surface area contributed by atoms with Gasteiger partial charge in [-0.15, -0.1) is 11.3 Å². The van der Waals surface area contributed by atoms with Crippen molar-refractivity contribution in [3.63, 3.8) is 0 Å². The van der Waals surface area contributed by atoms with Crippen LogP contribution in [-0.4, -0.2) is 33.9 Å². The minimum atomic E-state index is -4.82. The number of nitrogens with zero attached hydrogens (tertiary/aromatic N) is 3. The molecule has 0 aliphatic carbocycles. The average Bonchev–Trinajstić information content (AvgIpc) is 3.45. The number of pyridine rings is 1. The number of halogens is 4. The molecule has 0 bridgehead atoms. The number of hydrogen-bond acceptors (Lipinski definition) is 6. The Morgan fingerprint density at radius 3 is 2.48 bits per heavy atom. The van der Waals surface area contributed by atoms with E-state index in [4.69, 9.17) is 9.16 Å². The molecule has 7 nitrogen and oxygen atoms in total. The molecule has 4 aromatic rings. The molecule has 0 radical (unpaired) electrons. The number of carboxylic acid groups (broad SMARTS) is 1. The Morgan fingerprint density at radius 1 is 1.15 bits per heavy atom. The van der Waals surface area contributed by atoms with E-state index in [1.165, 1.54) is 19.3 Å². The zero-order chi connectivity index (χ0) is 29.6. The predicted molar refractivity (Wildman–Crippen MR) is 146 cm³/mol. The lowest BCUT2D eigenvalue weighted by atomic mass is 10.0. The van der Waals surface area contributed by atoms with Crippen LogP contribution in [0.3, 0.4) is 0 Å². The van der Waals surface area contributed by atoms with E-state index in [-0.39, 0.29) is 21.2 Å². The fraction of sp³-hybridized carbons (Fsp3) is 0.370. The molecule has 4 rings (SSSR count). The average molecular weight is 596 g/mol. The smallest absolute Gasteiger partial charge is 0.416 e. The lowest BCUT2D eigenvalue weighted by Crippen LogP contribution is -2.40. The van der Waals surface area contributed by atoms with Crippen molar-refractivity contribution < 1.29 is 36.6 Å². The molecular weight excluding hydrogens is 566 g/mol. The Morgan fingerprint density at radius 2 is 1.85 bits per heavy atom. The standard InChI is InChI=1S/C27H29F4N3O4SSi/c1-15(18-8-7-16(28)9-19(18)27(29,30)31)38-22-11-23(39-24(22)25(35)36)34-14-33-20-12-32-17(10-21(20)34)13-37-40(5,6)26(2,3)4/h7-12,14-15H,13H2,1-6H3,(H,35,36). The molecule has 0 saturated carbocycles. The summed E-state index contributed by atoms with van der Waals surface area (Å²) in [6, 6.07) is 5.53. The van der Waals surface area contributed by atoms with Crippen LogP contribution in [0.15, 0.2) is 42.9 Å². The maximum Gasteiger partial charge on any atom is 0.416 e. The van der Waals surface area contributed by atoms with Crippen LogP contribution in [0.25, 0.3) is 16.0 Å². The lowest BCUT2D eigenvalue weighted by Gasteiger charge is -2.36. The first-order valence-electron chi connectivity index (χ1n) is 12.3. The molecule has 40 heavy (non-hydrogen) atoms. The van der Waals surface area contributed by atoms with Gasteiger partial charge in [0.1, 0.15) is 34.5 Å². The molecule has 0 fully saturated rings. The maximum absolute atomic E-state index is 13.6. The Bertz CT molecular complexity index is 1560. The van der Waals surface area contributed by atoms with Gasteiger partial charge in [0, 0.05) is 11.6 Å². The lowest BCUT2D eigenvalue weighted by molar-refractivity contribution is -0.139. The monoisotopic (exact) mass is 595 g/mol. The number of hydrogen-bond donors (Lipinski definition) is 1. The van der Waals surface area contributed by atoms with E-state index in [1.807, 2.05) is 6.07 Å². The second kappa shape index (κ2) is 10.6. The molecule has 3 aromatic heterocycles. The number of ether oxygens (including phenoxy) is 1.